The molecule has 0 unspecified atom stereocenters. The first-order valence-corrected chi connectivity index (χ1v) is 7.78. The molecule has 4 nitrogen and oxygen atoms in total. The number of thiazole rings is 1. The number of rotatable bonds is 5. The summed E-state index contributed by atoms with van der Waals surface area (Å²) in [7, 11) is 0. The fourth-order valence-corrected chi connectivity index (χ4v) is 2.87. The van der Waals surface area contributed by atoms with Crippen molar-refractivity contribution in [2.24, 2.45) is 5.73 Å². The molecule has 0 spiro atoms. The molecule has 2 aromatic rings. The van der Waals surface area contributed by atoms with Crippen molar-refractivity contribution in [2.75, 3.05) is 0 Å². The second-order valence-corrected chi connectivity index (χ2v) is 6.88. The van der Waals surface area contributed by atoms with Crippen molar-refractivity contribution in [3.63, 3.8) is 0 Å². The molecule has 1 aromatic heterocycles. The number of benzene rings is 1. The van der Waals surface area contributed by atoms with Gasteiger partial charge in [-0.25, -0.2) is 4.98 Å². The van der Waals surface area contributed by atoms with Gasteiger partial charge in [-0.1, -0.05) is 51.1 Å². The summed E-state index contributed by atoms with van der Waals surface area (Å²) >= 11 is 1.65. The molecular formula is C16H21N3OS. The van der Waals surface area contributed by atoms with Crippen LogP contribution in [0.1, 0.15) is 43.1 Å². The molecular weight excluding hydrogens is 282 g/mol. The van der Waals surface area contributed by atoms with Crippen molar-refractivity contribution in [2.45, 2.75) is 38.8 Å². The van der Waals surface area contributed by atoms with Crippen molar-refractivity contribution in [1.82, 2.24) is 10.3 Å². The molecule has 0 saturated carbocycles. The number of amides is 1. The predicted molar refractivity (Wildman–Crippen MR) is 86.0 cm³/mol. The van der Waals surface area contributed by atoms with Gasteiger partial charge >= 0.3 is 0 Å². The van der Waals surface area contributed by atoms with Crippen molar-refractivity contribution in [3.8, 4) is 0 Å². The summed E-state index contributed by atoms with van der Waals surface area (Å²) in [5, 5.41) is 6.30. The Labute approximate surface area is 129 Å². The third-order valence-electron chi connectivity index (χ3n) is 3.10. The Balaban J connectivity index is 2.06. The van der Waals surface area contributed by atoms with E-state index in [-0.39, 0.29) is 11.3 Å². The van der Waals surface area contributed by atoms with E-state index in [1.165, 1.54) is 0 Å². The van der Waals surface area contributed by atoms with Gasteiger partial charge in [-0.3, -0.25) is 10.1 Å². The Hall–Kier alpha value is -1.72. The Bertz CT molecular complexity index is 601. The van der Waals surface area contributed by atoms with Gasteiger partial charge < -0.3 is 5.73 Å². The SMILES string of the molecule is CC(C)(C)c1nc(CN[C@@H](C(N)=O)c2ccccc2)cs1. The van der Waals surface area contributed by atoms with E-state index in [1.807, 2.05) is 35.7 Å². The van der Waals surface area contributed by atoms with E-state index in [9.17, 15) is 4.79 Å². The third kappa shape index (κ3) is 4.12. The van der Waals surface area contributed by atoms with Crippen molar-refractivity contribution in [1.29, 1.82) is 0 Å². The molecule has 0 aliphatic carbocycles. The minimum absolute atomic E-state index is 0.0471. The molecule has 21 heavy (non-hydrogen) atoms. The molecule has 112 valence electrons. The first kappa shape index (κ1) is 15.7. The van der Waals surface area contributed by atoms with Crippen LogP contribution in [0.2, 0.25) is 0 Å². The lowest BCUT2D eigenvalue weighted by atomic mass is 9.98. The second kappa shape index (κ2) is 6.37. The smallest absolute Gasteiger partial charge is 0.239 e. The van der Waals surface area contributed by atoms with Crippen LogP contribution in [0.25, 0.3) is 0 Å². The zero-order valence-electron chi connectivity index (χ0n) is 12.6. The number of nitrogens with zero attached hydrogens (tertiary/aromatic N) is 1. The van der Waals surface area contributed by atoms with Gasteiger partial charge in [-0.2, -0.15) is 0 Å². The predicted octanol–water partition coefficient (Wildman–Crippen LogP) is 2.76. The lowest BCUT2D eigenvalue weighted by Crippen LogP contribution is -2.33. The lowest BCUT2D eigenvalue weighted by molar-refractivity contribution is -0.120. The zero-order valence-corrected chi connectivity index (χ0v) is 13.4. The summed E-state index contributed by atoms with van der Waals surface area (Å²) in [5.41, 5.74) is 7.34. The van der Waals surface area contributed by atoms with Crippen LogP contribution in [0.3, 0.4) is 0 Å². The highest BCUT2D eigenvalue weighted by molar-refractivity contribution is 7.09. The van der Waals surface area contributed by atoms with E-state index in [1.54, 1.807) is 11.3 Å². The Morgan fingerprint density at radius 3 is 2.52 bits per heavy atom. The molecule has 5 heteroatoms. The fourth-order valence-electron chi connectivity index (χ4n) is 1.97. The molecule has 3 N–H and O–H groups in total. The van der Waals surface area contributed by atoms with E-state index >= 15 is 0 Å². The Kier molecular flexibility index (Phi) is 4.75. The molecule has 1 atom stereocenters. The van der Waals surface area contributed by atoms with E-state index in [0.29, 0.717) is 6.54 Å². The molecule has 1 heterocycles. The van der Waals surface area contributed by atoms with Gasteiger partial charge in [0.25, 0.3) is 0 Å². The van der Waals surface area contributed by atoms with E-state index in [4.69, 9.17) is 5.73 Å². The van der Waals surface area contributed by atoms with Crippen LogP contribution in [0, 0.1) is 0 Å². The van der Waals surface area contributed by atoms with Crippen molar-refractivity contribution >= 4 is 17.2 Å². The molecule has 0 bridgehead atoms. The number of nitrogens with one attached hydrogen (secondary N) is 1. The summed E-state index contributed by atoms with van der Waals surface area (Å²) in [6.45, 7) is 6.94. The van der Waals surface area contributed by atoms with Gasteiger partial charge in [0.05, 0.1) is 10.7 Å². The van der Waals surface area contributed by atoms with Gasteiger partial charge in [0, 0.05) is 17.3 Å². The first-order chi connectivity index (χ1) is 9.88. The minimum Gasteiger partial charge on any atom is -0.368 e. The molecule has 0 fully saturated rings. The number of hydrogen-bond donors (Lipinski definition) is 2. The van der Waals surface area contributed by atoms with Crippen molar-refractivity contribution < 1.29 is 4.79 Å². The summed E-state index contributed by atoms with van der Waals surface area (Å²) < 4.78 is 0. The molecule has 0 saturated heterocycles. The highest BCUT2D eigenvalue weighted by Crippen LogP contribution is 2.25. The first-order valence-electron chi connectivity index (χ1n) is 6.90. The van der Waals surface area contributed by atoms with Gasteiger partial charge in [0.15, 0.2) is 0 Å². The standard InChI is InChI=1S/C16H21N3OS/c1-16(2,3)15-19-12(10-21-15)9-18-13(14(17)20)11-7-5-4-6-8-11/h4-8,10,13,18H,9H2,1-3H3,(H2,17,20)/t13-/m1/s1. The van der Waals surface area contributed by atoms with Crippen LogP contribution in [-0.4, -0.2) is 10.9 Å². The quantitative estimate of drug-likeness (QED) is 0.892. The summed E-state index contributed by atoms with van der Waals surface area (Å²) in [6, 6.07) is 9.00. The topological polar surface area (TPSA) is 68.0 Å². The van der Waals surface area contributed by atoms with E-state index in [2.05, 4.69) is 31.1 Å². The number of carbonyl (C=O) groups is 1. The Morgan fingerprint density at radius 2 is 2.00 bits per heavy atom. The molecule has 1 aromatic carbocycles. The van der Waals surface area contributed by atoms with E-state index < -0.39 is 6.04 Å². The molecule has 0 radical (unpaired) electrons. The number of carbonyl (C=O) groups excluding carboxylic acids is 1. The monoisotopic (exact) mass is 303 g/mol. The van der Waals surface area contributed by atoms with Crippen LogP contribution in [0.15, 0.2) is 35.7 Å². The molecule has 0 aliphatic heterocycles. The number of nitrogens with two attached hydrogens (primary N) is 1. The molecule has 1 amide bonds. The highest BCUT2D eigenvalue weighted by atomic mass is 32.1. The second-order valence-electron chi connectivity index (χ2n) is 6.02. The fraction of sp³-hybridized carbons (Fsp3) is 0.375. The summed E-state index contributed by atoms with van der Waals surface area (Å²) in [5.74, 6) is -0.382. The van der Waals surface area contributed by atoms with Gasteiger partial charge in [-0.15, -0.1) is 11.3 Å². The van der Waals surface area contributed by atoms with Crippen LogP contribution >= 0.6 is 11.3 Å². The maximum atomic E-state index is 11.6. The molecule has 2 rings (SSSR count). The van der Waals surface area contributed by atoms with Crippen LogP contribution in [0.4, 0.5) is 0 Å². The maximum Gasteiger partial charge on any atom is 0.239 e. The van der Waals surface area contributed by atoms with Gasteiger partial charge in [0.1, 0.15) is 6.04 Å². The van der Waals surface area contributed by atoms with Gasteiger partial charge in [-0.05, 0) is 5.56 Å². The maximum absolute atomic E-state index is 11.6. The largest absolute Gasteiger partial charge is 0.368 e. The van der Waals surface area contributed by atoms with Crippen molar-refractivity contribution in [3.05, 3.63) is 52.0 Å². The lowest BCUT2D eigenvalue weighted by Gasteiger charge is -2.15. The normalized spacial score (nSPS) is 13.1. The average molecular weight is 303 g/mol. The average Bonchev–Trinajstić information content (AvgIpc) is 2.88. The van der Waals surface area contributed by atoms with E-state index in [0.717, 1.165) is 16.3 Å². The summed E-state index contributed by atoms with van der Waals surface area (Å²) in [6.07, 6.45) is 0. The zero-order chi connectivity index (χ0) is 15.5. The summed E-state index contributed by atoms with van der Waals surface area (Å²) in [4.78, 5) is 16.2. The Morgan fingerprint density at radius 1 is 1.33 bits per heavy atom. The third-order valence-corrected chi connectivity index (χ3v) is 4.41. The highest BCUT2D eigenvalue weighted by Gasteiger charge is 2.20. The number of aromatic nitrogens is 1. The minimum atomic E-state index is -0.494. The van der Waals surface area contributed by atoms with Crippen LogP contribution in [0.5, 0.6) is 0 Å². The van der Waals surface area contributed by atoms with Crippen LogP contribution < -0.4 is 11.1 Å². The van der Waals surface area contributed by atoms with Crippen LogP contribution in [-0.2, 0) is 16.8 Å². The van der Waals surface area contributed by atoms with Gasteiger partial charge in [0.2, 0.25) is 5.91 Å². The number of hydrogen-bond acceptors (Lipinski definition) is 4. The molecule has 0 aliphatic rings. The number of primary amides is 1.